The molecule has 7 nitrogen and oxygen atoms in total. The minimum Gasteiger partial charge on any atom is -0.321 e. The average molecular weight is 452 g/mol. The number of alkyl halides is 3. The van der Waals surface area contributed by atoms with Gasteiger partial charge in [0.05, 0.1) is 28.1 Å². The molecule has 0 spiro atoms. The van der Waals surface area contributed by atoms with E-state index < -0.39 is 33.7 Å². The number of fused-ring (bicyclic) bond motifs is 1. The van der Waals surface area contributed by atoms with E-state index in [9.17, 15) is 26.4 Å². The molecule has 0 bridgehead atoms. The second-order valence-corrected chi connectivity index (χ2v) is 9.88. The fraction of sp³-hybridized carbons (Fsp3) is 0.350. The Bertz CT molecular complexity index is 1350. The summed E-state index contributed by atoms with van der Waals surface area (Å²) in [6, 6.07) is 5.33. The van der Waals surface area contributed by atoms with Crippen LogP contribution in [-0.4, -0.2) is 34.9 Å². The van der Waals surface area contributed by atoms with Gasteiger partial charge in [0.1, 0.15) is 12.2 Å². The molecule has 1 saturated carbocycles. The Kier molecular flexibility index (Phi) is 4.93. The number of pyridine rings is 3. The van der Waals surface area contributed by atoms with E-state index in [1.165, 1.54) is 31.3 Å². The molecule has 1 fully saturated rings. The lowest BCUT2D eigenvalue weighted by molar-refractivity contribution is -0.140. The van der Waals surface area contributed by atoms with Crippen LogP contribution < -0.4 is 11.3 Å². The number of hydrogen-bond donors (Lipinski definition) is 1. The first-order chi connectivity index (χ1) is 14.4. The van der Waals surface area contributed by atoms with Gasteiger partial charge in [-0.05, 0) is 36.6 Å². The van der Waals surface area contributed by atoms with Gasteiger partial charge in [-0.25, -0.2) is 8.42 Å². The maximum Gasteiger partial charge on any atom is 0.406 e. The molecule has 2 N–H and O–H groups in total. The first kappa shape index (κ1) is 21.4. The Labute approximate surface area is 175 Å². The highest BCUT2D eigenvalue weighted by Gasteiger charge is 2.41. The van der Waals surface area contributed by atoms with E-state index >= 15 is 0 Å². The van der Waals surface area contributed by atoms with Crippen LogP contribution >= 0.6 is 0 Å². The highest BCUT2D eigenvalue weighted by Crippen LogP contribution is 2.43. The average Bonchev–Trinajstić information content (AvgIpc) is 3.47. The van der Waals surface area contributed by atoms with Crippen molar-refractivity contribution >= 4 is 20.7 Å². The van der Waals surface area contributed by atoms with Crippen LogP contribution in [0.4, 0.5) is 13.2 Å². The van der Waals surface area contributed by atoms with Gasteiger partial charge < -0.3 is 5.73 Å². The standard InChI is InChI=1S/C20H19F3N4O3S/c1-2-31(29,30)16-8-13(19(24)5-6-19)9-26-18(16)14-7-12-3-4-17(28)27(11-20(21,22)23)15(12)10-25-14/h3-4,7-10H,2,5-6,11,24H2,1H3. The van der Waals surface area contributed by atoms with Gasteiger partial charge in [-0.15, -0.1) is 0 Å². The van der Waals surface area contributed by atoms with Gasteiger partial charge in [-0.2, -0.15) is 13.2 Å². The van der Waals surface area contributed by atoms with Gasteiger partial charge in [0.2, 0.25) is 0 Å². The number of halogens is 3. The molecule has 0 aliphatic heterocycles. The fourth-order valence-electron chi connectivity index (χ4n) is 3.39. The van der Waals surface area contributed by atoms with Crippen molar-refractivity contribution in [3.8, 4) is 11.4 Å². The lowest BCUT2D eigenvalue weighted by Gasteiger charge is -2.15. The van der Waals surface area contributed by atoms with Crippen LogP contribution in [0.25, 0.3) is 22.3 Å². The zero-order valence-electron chi connectivity index (χ0n) is 16.5. The van der Waals surface area contributed by atoms with Crippen LogP contribution in [0.2, 0.25) is 0 Å². The Balaban J connectivity index is 1.89. The highest BCUT2D eigenvalue weighted by molar-refractivity contribution is 7.91. The molecule has 0 amide bonds. The molecule has 164 valence electrons. The molecule has 1 aliphatic rings. The lowest BCUT2D eigenvalue weighted by Crippen LogP contribution is -2.27. The van der Waals surface area contributed by atoms with Crippen molar-refractivity contribution in [3.63, 3.8) is 0 Å². The summed E-state index contributed by atoms with van der Waals surface area (Å²) in [5, 5.41) is 0.303. The number of aromatic nitrogens is 3. The minimum absolute atomic E-state index is 0.0102. The zero-order valence-corrected chi connectivity index (χ0v) is 17.3. The van der Waals surface area contributed by atoms with Crippen LogP contribution in [0, 0.1) is 0 Å². The molecule has 4 rings (SSSR count). The van der Waals surface area contributed by atoms with E-state index in [1.54, 1.807) is 0 Å². The Morgan fingerprint density at radius 3 is 2.48 bits per heavy atom. The van der Waals surface area contributed by atoms with Gasteiger partial charge in [0.25, 0.3) is 5.56 Å². The monoisotopic (exact) mass is 452 g/mol. The van der Waals surface area contributed by atoms with Crippen LogP contribution in [0.3, 0.4) is 0 Å². The normalized spacial score (nSPS) is 15.9. The van der Waals surface area contributed by atoms with Crippen molar-refractivity contribution in [2.45, 2.75) is 42.9 Å². The number of nitrogens with two attached hydrogens (primary N) is 1. The van der Waals surface area contributed by atoms with Crippen LogP contribution in [0.15, 0.2) is 46.3 Å². The van der Waals surface area contributed by atoms with E-state index in [4.69, 9.17) is 5.73 Å². The Hall–Kier alpha value is -2.79. The summed E-state index contributed by atoms with van der Waals surface area (Å²) in [5.74, 6) is -0.165. The first-order valence-corrected chi connectivity index (χ1v) is 11.2. The highest BCUT2D eigenvalue weighted by atomic mass is 32.2. The second-order valence-electron chi connectivity index (χ2n) is 7.63. The van der Waals surface area contributed by atoms with Crippen molar-refractivity contribution in [2.75, 3.05) is 5.75 Å². The van der Waals surface area contributed by atoms with Gasteiger partial charge >= 0.3 is 6.18 Å². The third-order valence-corrected chi connectivity index (χ3v) is 7.13. The predicted molar refractivity (Wildman–Crippen MR) is 108 cm³/mol. The van der Waals surface area contributed by atoms with Crippen LogP contribution in [-0.2, 0) is 21.9 Å². The smallest absolute Gasteiger partial charge is 0.321 e. The van der Waals surface area contributed by atoms with Crippen molar-refractivity contribution in [1.82, 2.24) is 14.5 Å². The molecule has 0 radical (unpaired) electrons. The van der Waals surface area contributed by atoms with Crippen molar-refractivity contribution in [1.29, 1.82) is 0 Å². The molecule has 1 aliphatic carbocycles. The molecular formula is C20H19F3N4O3S. The molecule has 11 heteroatoms. The minimum atomic E-state index is -4.59. The third-order valence-electron chi connectivity index (χ3n) is 5.39. The molecular weight excluding hydrogens is 433 g/mol. The van der Waals surface area contributed by atoms with E-state index in [1.807, 2.05) is 0 Å². The summed E-state index contributed by atoms with van der Waals surface area (Å²) in [7, 11) is -3.69. The molecule has 3 aromatic heterocycles. The molecule has 0 atom stereocenters. The summed E-state index contributed by atoms with van der Waals surface area (Å²) in [5.41, 5.74) is 5.65. The first-order valence-electron chi connectivity index (χ1n) is 9.52. The molecule has 3 heterocycles. The summed E-state index contributed by atoms with van der Waals surface area (Å²) < 4.78 is 64.7. The van der Waals surface area contributed by atoms with Crippen molar-refractivity contribution in [3.05, 3.63) is 52.6 Å². The van der Waals surface area contributed by atoms with Crippen LogP contribution in [0.1, 0.15) is 25.3 Å². The fourth-order valence-corrected chi connectivity index (χ4v) is 4.46. The van der Waals surface area contributed by atoms with Gasteiger partial charge in [0, 0.05) is 23.2 Å². The number of rotatable bonds is 5. The van der Waals surface area contributed by atoms with Gasteiger partial charge in [0.15, 0.2) is 9.84 Å². The van der Waals surface area contributed by atoms with E-state index in [-0.39, 0.29) is 27.6 Å². The largest absolute Gasteiger partial charge is 0.406 e. The van der Waals surface area contributed by atoms with E-state index in [2.05, 4.69) is 9.97 Å². The second kappa shape index (κ2) is 7.13. The zero-order chi connectivity index (χ0) is 22.6. The van der Waals surface area contributed by atoms with E-state index in [0.29, 0.717) is 15.5 Å². The van der Waals surface area contributed by atoms with Crippen LogP contribution in [0.5, 0.6) is 0 Å². The summed E-state index contributed by atoms with van der Waals surface area (Å²) >= 11 is 0. The maximum absolute atomic E-state index is 12.9. The van der Waals surface area contributed by atoms with Crippen molar-refractivity contribution in [2.24, 2.45) is 5.73 Å². The number of sulfone groups is 1. The number of hydrogen-bond acceptors (Lipinski definition) is 6. The molecule has 0 unspecified atom stereocenters. The SMILES string of the molecule is CCS(=O)(=O)c1cc(C2(N)CC2)cnc1-c1cc2ccc(=O)n(CC(F)(F)F)c2cn1. The summed E-state index contributed by atoms with van der Waals surface area (Å²) in [4.78, 5) is 20.4. The Morgan fingerprint density at radius 2 is 1.87 bits per heavy atom. The lowest BCUT2D eigenvalue weighted by atomic mass is 10.1. The Morgan fingerprint density at radius 1 is 1.16 bits per heavy atom. The van der Waals surface area contributed by atoms with Gasteiger partial charge in [-0.1, -0.05) is 6.92 Å². The van der Waals surface area contributed by atoms with Crippen molar-refractivity contribution < 1.29 is 21.6 Å². The third kappa shape index (κ3) is 4.07. The molecule has 0 saturated heterocycles. The molecule has 0 aromatic carbocycles. The van der Waals surface area contributed by atoms with E-state index in [0.717, 1.165) is 25.1 Å². The predicted octanol–water partition coefficient (Wildman–Crippen LogP) is 2.76. The number of nitrogens with zero attached hydrogens (tertiary/aromatic N) is 3. The quantitative estimate of drug-likeness (QED) is 0.638. The maximum atomic E-state index is 12.9. The summed E-state index contributed by atoms with van der Waals surface area (Å²) in [6.07, 6.45) is -0.499. The van der Waals surface area contributed by atoms with Gasteiger partial charge in [-0.3, -0.25) is 19.3 Å². The topological polar surface area (TPSA) is 108 Å². The molecule has 3 aromatic rings. The summed E-state index contributed by atoms with van der Waals surface area (Å²) in [6.45, 7) is 0.0516. The molecule has 31 heavy (non-hydrogen) atoms.